The van der Waals surface area contributed by atoms with Crippen LogP contribution in [0.2, 0.25) is 0 Å². The van der Waals surface area contributed by atoms with Crippen molar-refractivity contribution in [3.05, 3.63) is 62.1 Å². The fourth-order valence-corrected chi connectivity index (χ4v) is 3.07. The summed E-state index contributed by atoms with van der Waals surface area (Å²) in [4.78, 5) is 12.9. The van der Waals surface area contributed by atoms with Crippen molar-refractivity contribution in [2.24, 2.45) is 0 Å². The molecule has 6 heteroatoms. The van der Waals surface area contributed by atoms with Gasteiger partial charge in [0.15, 0.2) is 0 Å². The summed E-state index contributed by atoms with van der Waals surface area (Å²) in [6.07, 6.45) is 0.837. The van der Waals surface area contributed by atoms with Crippen molar-refractivity contribution in [1.82, 2.24) is 0 Å². The highest BCUT2D eigenvalue weighted by atomic mass is 79.9. The molecule has 0 radical (unpaired) electrons. The molecular weight excluding hydrogens is 334 g/mol. The molecule has 0 spiro atoms. The molecule has 0 aliphatic carbocycles. The van der Waals surface area contributed by atoms with Gasteiger partial charge in [-0.3, -0.25) is 10.1 Å². The molecule has 3 rings (SSSR count). The first kappa shape index (κ1) is 13.9. The van der Waals surface area contributed by atoms with E-state index in [4.69, 9.17) is 5.73 Å². The fourth-order valence-electron chi connectivity index (χ4n) is 2.72. The lowest BCUT2D eigenvalue weighted by Gasteiger charge is -2.31. The van der Waals surface area contributed by atoms with Gasteiger partial charge in [-0.2, -0.15) is 0 Å². The molecule has 1 aliphatic heterocycles. The maximum Gasteiger partial charge on any atom is 0.292 e. The summed E-state index contributed by atoms with van der Waals surface area (Å²) in [5.74, 6) is 0. The molecule has 2 aromatic carbocycles. The van der Waals surface area contributed by atoms with E-state index < -0.39 is 0 Å². The first-order valence-corrected chi connectivity index (χ1v) is 7.40. The number of benzene rings is 2. The second kappa shape index (κ2) is 5.37. The number of hydrogen-bond donors (Lipinski definition) is 1. The van der Waals surface area contributed by atoms with E-state index in [0.29, 0.717) is 12.2 Å². The summed E-state index contributed by atoms with van der Waals surface area (Å²) in [5.41, 5.74) is 9.83. The summed E-state index contributed by atoms with van der Waals surface area (Å²) >= 11 is 3.38. The Hall–Kier alpha value is -2.08. The zero-order valence-corrected chi connectivity index (χ0v) is 12.8. The number of nitrogens with zero attached hydrogens (tertiary/aromatic N) is 2. The minimum absolute atomic E-state index is 0.121. The van der Waals surface area contributed by atoms with Crippen LogP contribution in [0.15, 0.2) is 40.9 Å². The molecule has 2 aromatic rings. The Kier molecular flexibility index (Phi) is 3.55. The van der Waals surface area contributed by atoms with Crippen molar-refractivity contribution in [3.63, 3.8) is 0 Å². The molecule has 0 fully saturated rings. The minimum Gasteiger partial charge on any atom is -0.398 e. The molecule has 21 heavy (non-hydrogen) atoms. The van der Waals surface area contributed by atoms with E-state index in [1.807, 2.05) is 17.0 Å². The summed E-state index contributed by atoms with van der Waals surface area (Å²) < 4.78 is 0.829. The van der Waals surface area contributed by atoms with Gasteiger partial charge in [-0.25, -0.2) is 0 Å². The zero-order chi connectivity index (χ0) is 15.0. The third-order valence-corrected chi connectivity index (χ3v) is 4.28. The van der Waals surface area contributed by atoms with Crippen molar-refractivity contribution in [2.75, 3.05) is 17.2 Å². The second-order valence-corrected chi connectivity index (χ2v) is 5.96. The van der Waals surface area contributed by atoms with Gasteiger partial charge in [0.2, 0.25) is 0 Å². The van der Waals surface area contributed by atoms with Crippen molar-refractivity contribution in [2.45, 2.75) is 13.0 Å². The first-order chi connectivity index (χ1) is 10.1. The summed E-state index contributed by atoms with van der Waals surface area (Å²) in [6.45, 7) is 1.34. The van der Waals surface area contributed by atoms with Gasteiger partial charge in [-0.1, -0.05) is 28.1 Å². The van der Waals surface area contributed by atoms with Crippen LogP contribution in [-0.4, -0.2) is 11.5 Å². The molecule has 0 unspecified atom stereocenters. The Bertz CT molecular complexity index is 718. The molecule has 0 amide bonds. The molecule has 5 nitrogen and oxygen atoms in total. The predicted octanol–water partition coefficient (Wildman–Crippen LogP) is 3.50. The highest BCUT2D eigenvalue weighted by Crippen LogP contribution is 2.35. The van der Waals surface area contributed by atoms with Gasteiger partial charge in [0.1, 0.15) is 5.69 Å². The number of nitrogens with two attached hydrogens (primary N) is 1. The van der Waals surface area contributed by atoms with E-state index >= 15 is 0 Å². The Morgan fingerprint density at radius 2 is 2.10 bits per heavy atom. The zero-order valence-electron chi connectivity index (χ0n) is 11.3. The number of rotatable bonds is 2. The van der Waals surface area contributed by atoms with E-state index in [0.717, 1.165) is 28.7 Å². The molecule has 0 saturated heterocycles. The predicted molar refractivity (Wildman–Crippen MR) is 86.4 cm³/mol. The number of nitrogen functional groups attached to an aromatic ring is 1. The van der Waals surface area contributed by atoms with Crippen LogP contribution in [-0.2, 0) is 13.0 Å². The molecular formula is C15H14BrN3O2. The molecule has 0 saturated carbocycles. The third kappa shape index (κ3) is 2.58. The quantitative estimate of drug-likeness (QED) is 0.512. The fraction of sp³-hybridized carbons (Fsp3) is 0.200. The largest absolute Gasteiger partial charge is 0.398 e. The summed E-state index contributed by atoms with van der Waals surface area (Å²) in [5, 5.41) is 11.2. The highest BCUT2D eigenvalue weighted by molar-refractivity contribution is 9.10. The first-order valence-electron chi connectivity index (χ1n) is 6.61. The summed E-state index contributed by atoms with van der Waals surface area (Å²) in [7, 11) is 0. The molecule has 2 N–H and O–H groups in total. The number of hydrogen-bond acceptors (Lipinski definition) is 4. The van der Waals surface area contributed by atoms with Crippen LogP contribution in [0.4, 0.5) is 17.1 Å². The van der Waals surface area contributed by atoms with Crippen LogP contribution in [0.1, 0.15) is 11.1 Å². The average molecular weight is 348 g/mol. The number of halogens is 1. The van der Waals surface area contributed by atoms with Crippen LogP contribution >= 0.6 is 15.9 Å². The number of fused-ring (bicyclic) bond motifs is 1. The van der Waals surface area contributed by atoms with Crippen molar-refractivity contribution in [1.29, 1.82) is 0 Å². The van der Waals surface area contributed by atoms with Crippen molar-refractivity contribution in [3.8, 4) is 0 Å². The van der Waals surface area contributed by atoms with Gasteiger partial charge in [0.25, 0.3) is 5.69 Å². The van der Waals surface area contributed by atoms with Gasteiger partial charge in [0.05, 0.1) is 4.92 Å². The minimum atomic E-state index is -0.342. The number of anilines is 2. The van der Waals surface area contributed by atoms with Gasteiger partial charge in [0, 0.05) is 29.3 Å². The number of nitro benzene ring substituents is 1. The monoisotopic (exact) mass is 347 g/mol. The van der Waals surface area contributed by atoms with E-state index in [9.17, 15) is 10.1 Å². The van der Waals surface area contributed by atoms with Crippen LogP contribution in [0, 0.1) is 10.1 Å². The van der Waals surface area contributed by atoms with Gasteiger partial charge >= 0.3 is 0 Å². The number of nitro groups is 1. The van der Waals surface area contributed by atoms with Crippen molar-refractivity contribution < 1.29 is 4.92 Å². The van der Waals surface area contributed by atoms with Crippen LogP contribution in [0.25, 0.3) is 0 Å². The molecule has 0 atom stereocenters. The topological polar surface area (TPSA) is 72.4 Å². The van der Waals surface area contributed by atoms with E-state index in [1.165, 1.54) is 11.6 Å². The maximum absolute atomic E-state index is 11.2. The van der Waals surface area contributed by atoms with Gasteiger partial charge in [-0.15, -0.1) is 0 Å². The molecule has 0 bridgehead atoms. The summed E-state index contributed by atoms with van der Waals surface area (Å²) in [6, 6.07) is 10.9. The Labute approximate surface area is 130 Å². The molecule has 108 valence electrons. The second-order valence-electron chi connectivity index (χ2n) is 5.05. The maximum atomic E-state index is 11.2. The van der Waals surface area contributed by atoms with Gasteiger partial charge in [-0.05, 0) is 35.7 Å². The third-order valence-electron chi connectivity index (χ3n) is 3.78. The van der Waals surface area contributed by atoms with Crippen LogP contribution in [0.5, 0.6) is 0 Å². The van der Waals surface area contributed by atoms with Gasteiger partial charge < -0.3 is 10.6 Å². The molecule has 1 aliphatic rings. The van der Waals surface area contributed by atoms with E-state index in [2.05, 4.69) is 22.0 Å². The lowest BCUT2D eigenvalue weighted by Crippen LogP contribution is -2.31. The Morgan fingerprint density at radius 1 is 1.29 bits per heavy atom. The normalized spacial score (nSPS) is 13.9. The van der Waals surface area contributed by atoms with E-state index in [1.54, 1.807) is 12.1 Å². The Balaban J connectivity index is 2.02. The highest BCUT2D eigenvalue weighted by Gasteiger charge is 2.24. The standard InChI is InChI=1S/C15H14BrN3O2/c16-11-4-5-14(19(20)21)15(8-11)18-7-6-10-2-1-3-13(17)12(10)9-18/h1-5,8H,6-7,9,17H2. The van der Waals surface area contributed by atoms with Crippen molar-refractivity contribution >= 4 is 33.0 Å². The lowest BCUT2D eigenvalue weighted by molar-refractivity contribution is -0.384. The van der Waals surface area contributed by atoms with Crippen LogP contribution < -0.4 is 10.6 Å². The Morgan fingerprint density at radius 3 is 2.86 bits per heavy atom. The lowest BCUT2D eigenvalue weighted by atomic mass is 9.97. The van der Waals surface area contributed by atoms with Crippen LogP contribution in [0.3, 0.4) is 0 Å². The molecule has 0 aromatic heterocycles. The molecule has 1 heterocycles. The smallest absolute Gasteiger partial charge is 0.292 e. The SMILES string of the molecule is Nc1cccc2c1CN(c1cc(Br)ccc1[N+](=O)[O-])CC2. The van der Waals surface area contributed by atoms with E-state index in [-0.39, 0.29) is 10.6 Å². The average Bonchev–Trinajstić information content (AvgIpc) is 2.47.